The van der Waals surface area contributed by atoms with E-state index in [2.05, 4.69) is 14.8 Å². The first-order chi connectivity index (χ1) is 15.9. The number of benzene rings is 1. The van der Waals surface area contributed by atoms with Crippen LogP contribution in [0.25, 0.3) is 0 Å². The van der Waals surface area contributed by atoms with Crippen molar-refractivity contribution in [1.82, 2.24) is 14.2 Å². The number of piperazine rings is 1. The summed E-state index contributed by atoms with van der Waals surface area (Å²) in [5.41, 5.74) is 0. The van der Waals surface area contributed by atoms with Crippen molar-refractivity contribution < 1.29 is 18.3 Å². The second kappa shape index (κ2) is 10.6. The van der Waals surface area contributed by atoms with Gasteiger partial charge in [-0.15, -0.1) is 0 Å². The van der Waals surface area contributed by atoms with E-state index in [1.165, 1.54) is 0 Å². The van der Waals surface area contributed by atoms with Crippen LogP contribution in [0.4, 0.5) is 5.82 Å². The summed E-state index contributed by atoms with van der Waals surface area (Å²) >= 11 is 0. The highest BCUT2D eigenvalue weighted by atomic mass is 32.2. The molecule has 2 unspecified atom stereocenters. The number of hydrogen-bond donors (Lipinski definition) is 1. The van der Waals surface area contributed by atoms with Crippen LogP contribution in [0.1, 0.15) is 19.3 Å². The summed E-state index contributed by atoms with van der Waals surface area (Å²) in [6.45, 7) is 5.22. The molecule has 2 fully saturated rings. The number of aromatic nitrogens is 1. The third-order valence-electron chi connectivity index (χ3n) is 6.83. The van der Waals surface area contributed by atoms with Crippen LogP contribution < -0.4 is 4.90 Å². The van der Waals surface area contributed by atoms with Gasteiger partial charge >= 0.3 is 5.97 Å². The molecule has 2 aromatic rings. The molecule has 0 spiro atoms. The van der Waals surface area contributed by atoms with Crippen LogP contribution in [0, 0.1) is 11.8 Å². The Labute approximate surface area is 195 Å². The average molecular weight is 473 g/mol. The molecular formula is C24H32N4O4S. The van der Waals surface area contributed by atoms with Crippen molar-refractivity contribution in [2.75, 3.05) is 50.7 Å². The Hall–Kier alpha value is -2.49. The quantitative estimate of drug-likeness (QED) is 0.630. The van der Waals surface area contributed by atoms with Gasteiger partial charge in [0.15, 0.2) is 0 Å². The first kappa shape index (κ1) is 23.7. The smallest absolute Gasteiger partial charge is 0.303 e. The predicted molar refractivity (Wildman–Crippen MR) is 127 cm³/mol. The highest BCUT2D eigenvalue weighted by Crippen LogP contribution is 2.32. The molecule has 2 aliphatic rings. The van der Waals surface area contributed by atoms with Gasteiger partial charge in [0.1, 0.15) is 5.82 Å². The number of piperidine rings is 1. The highest BCUT2D eigenvalue weighted by Gasteiger charge is 2.36. The van der Waals surface area contributed by atoms with Gasteiger partial charge in [-0.2, -0.15) is 4.31 Å². The summed E-state index contributed by atoms with van der Waals surface area (Å²) in [5, 5.41) is 9.39. The lowest BCUT2D eigenvalue weighted by Gasteiger charge is -2.40. The summed E-state index contributed by atoms with van der Waals surface area (Å²) < 4.78 is 27.8. The van der Waals surface area contributed by atoms with Gasteiger partial charge in [0.25, 0.3) is 0 Å². The predicted octanol–water partition coefficient (Wildman–Crippen LogP) is 2.40. The third-order valence-corrected chi connectivity index (χ3v) is 8.71. The number of anilines is 1. The second-order valence-electron chi connectivity index (χ2n) is 8.89. The number of carboxylic acid groups (broad SMARTS) is 1. The molecule has 8 nitrogen and oxygen atoms in total. The molecular weight excluding hydrogens is 440 g/mol. The average Bonchev–Trinajstić information content (AvgIpc) is 2.84. The third kappa shape index (κ3) is 5.90. The summed E-state index contributed by atoms with van der Waals surface area (Å²) in [6, 6.07) is 14.4. The summed E-state index contributed by atoms with van der Waals surface area (Å²) in [7, 11) is -3.57. The lowest BCUT2D eigenvalue weighted by molar-refractivity contribution is -0.139. The van der Waals surface area contributed by atoms with E-state index in [1.54, 1.807) is 34.6 Å². The van der Waals surface area contributed by atoms with Crippen LogP contribution in [0.5, 0.6) is 0 Å². The summed E-state index contributed by atoms with van der Waals surface area (Å²) in [4.78, 5) is 20.8. The molecule has 1 N–H and O–H groups in total. The van der Waals surface area contributed by atoms with Gasteiger partial charge in [0.2, 0.25) is 10.0 Å². The fraction of sp³-hybridized carbons (Fsp3) is 0.500. The second-order valence-corrected chi connectivity index (χ2v) is 10.8. The number of carbonyl (C=O) groups is 1. The Kier molecular flexibility index (Phi) is 7.62. The summed E-state index contributed by atoms with van der Waals surface area (Å²) in [5.74, 6) is 0.211. The number of carboxylic acids is 1. The van der Waals surface area contributed by atoms with E-state index in [1.807, 2.05) is 24.4 Å². The molecule has 0 aliphatic carbocycles. The molecule has 2 atom stereocenters. The van der Waals surface area contributed by atoms with Gasteiger partial charge in [-0.1, -0.05) is 24.3 Å². The number of rotatable bonds is 8. The van der Waals surface area contributed by atoms with Crippen LogP contribution in [0.2, 0.25) is 0 Å². The van der Waals surface area contributed by atoms with Crippen LogP contribution >= 0.6 is 0 Å². The minimum Gasteiger partial charge on any atom is -0.481 e. The molecule has 0 amide bonds. The first-order valence-electron chi connectivity index (χ1n) is 11.6. The molecule has 3 heterocycles. The van der Waals surface area contributed by atoms with Crippen LogP contribution in [0.15, 0.2) is 59.6 Å². The van der Waals surface area contributed by atoms with Gasteiger partial charge in [-0.25, -0.2) is 13.4 Å². The van der Waals surface area contributed by atoms with Crippen molar-refractivity contribution in [2.45, 2.75) is 24.2 Å². The normalized spacial score (nSPS) is 22.8. The van der Waals surface area contributed by atoms with E-state index in [0.29, 0.717) is 24.4 Å². The molecule has 0 saturated carbocycles. The van der Waals surface area contributed by atoms with Crippen LogP contribution in [-0.4, -0.2) is 79.5 Å². The number of nitrogens with zero attached hydrogens (tertiary/aromatic N) is 4. The topological polar surface area (TPSA) is 94.0 Å². The Morgan fingerprint density at radius 3 is 2.36 bits per heavy atom. The van der Waals surface area contributed by atoms with E-state index in [-0.39, 0.29) is 18.3 Å². The van der Waals surface area contributed by atoms with Crippen molar-refractivity contribution in [3.63, 3.8) is 0 Å². The SMILES string of the molecule is O=C(O)CC1CCN(S(=O)(=O)c2ccccc2)CC1CCN1CCN(c2ccccn2)CC1. The molecule has 4 rings (SSSR count). The number of pyridine rings is 1. The zero-order chi connectivity index (χ0) is 23.3. The molecule has 1 aromatic carbocycles. The molecule has 178 valence electrons. The van der Waals surface area contributed by atoms with E-state index < -0.39 is 16.0 Å². The largest absolute Gasteiger partial charge is 0.481 e. The van der Waals surface area contributed by atoms with Crippen molar-refractivity contribution >= 4 is 21.8 Å². The molecule has 33 heavy (non-hydrogen) atoms. The molecule has 1 aromatic heterocycles. The molecule has 0 radical (unpaired) electrons. The lowest BCUT2D eigenvalue weighted by atomic mass is 9.82. The maximum atomic E-state index is 13.1. The van der Waals surface area contributed by atoms with Crippen molar-refractivity contribution in [2.24, 2.45) is 11.8 Å². The summed E-state index contributed by atoms with van der Waals surface area (Å²) in [6.07, 6.45) is 3.28. The minimum atomic E-state index is -3.57. The molecule has 2 aliphatic heterocycles. The van der Waals surface area contributed by atoms with Gasteiger partial charge in [0, 0.05) is 51.9 Å². The zero-order valence-electron chi connectivity index (χ0n) is 18.8. The van der Waals surface area contributed by atoms with Gasteiger partial charge < -0.3 is 10.0 Å². The van der Waals surface area contributed by atoms with E-state index in [0.717, 1.165) is 45.0 Å². The molecule has 9 heteroatoms. The maximum Gasteiger partial charge on any atom is 0.303 e. The van der Waals surface area contributed by atoms with Gasteiger partial charge in [0.05, 0.1) is 4.90 Å². The standard InChI is InChI=1S/C24H32N4O4S/c29-24(30)18-20-10-13-28(33(31,32)22-6-2-1-3-7-22)19-21(20)9-12-26-14-16-27(17-15-26)23-8-4-5-11-25-23/h1-8,11,20-21H,9-10,12-19H2,(H,29,30). The fourth-order valence-corrected chi connectivity index (χ4v) is 6.45. The number of hydrogen-bond acceptors (Lipinski definition) is 6. The monoisotopic (exact) mass is 472 g/mol. The van der Waals surface area contributed by atoms with Crippen molar-refractivity contribution in [3.05, 3.63) is 54.7 Å². The number of aliphatic carboxylic acids is 1. The maximum absolute atomic E-state index is 13.1. The Morgan fingerprint density at radius 2 is 1.70 bits per heavy atom. The number of sulfonamides is 1. The van der Waals surface area contributed by atoms with Gasteiger partial charge in [-0.3, -0.25) is 9.69 Å². The highest BCUT2D eigenvalue weighted by molar-refractivity contribution is 7.89. The van der Waals surface area contributed by atoms with E-state index in [9.17, 15) is 18.3 Å². The fourth-order valence-electron chi connectivity index (χ4n) is 4.92. The van der Waals surface area contributed by atoms with E-state index in [4.69, 9.17) is 0 Å². The lowest BCUT2D eigenvalue weighted by Crippen LogP contribution is -2.48. The van der Waals surface area contributed by atoms with Crippen LogP contribution in [0.3, 0.4) is 0 Å². The van der Waals surface area contributed by atoms with Crippen molar-refractivity contribution in [1.29, 1.82) is 0 Å². The molecule has 2 saturated heterocycles. The van der Waals surface area contributed by atoms with Gasteiger partial charge in [-0.05, 0) is 55.5 Å². The van der Waals surface area contributed by atoms with Crippen LogP contribution in [-0.2, 0) is 14.8 Å². The molecule has 0 bridgehead atoms. The zero-order valence-corrected chi connectivity index (χ0v) is 19.6. The Bertz CT molecular complexity index is 1010. The first-order valence-corrected chi connectivity index (χ1v) is 13.0. The minimum absolute atomic E-state index is 0.000434. The Balaban J connectivity index is 1.37. The Morgan fingerprint density at radius 1 is 0.970 bits per heavy atom. The van der Waals surface area contributed by atoms with E-state index >= 15 is 0 Å². The van der Waals surface area contributed by atoms with Crippen molar-refractivity contribution in [3.8, 4) is 0 Å².